The van der Waals surface area contributed by atoms with Crippen molar-refractivity contribution in [3.63, 3.8) is 0 Å². The normalized spacial score (nSPS) is 10.7. The lowest BCUT2D eigenvalue weighted by atomic mass is 10.1. The van der Waals surface area contributed by atoms with Crippen LogP contribution in [0, 0.1) is 13.8 Å². The maximum absolute atomic E-state index is 5.53. The summed E-state index contributed by atoms with van der Waals surface area (Å²) in [5.74, 6) is 0. The quantitative estimate of drug-likeness (QED) is 0.851. The van der Waals surface area contributed by atoms with Crippen LogP contribution in [0.15, 0.2) is 30.6 Å². The van der Waals surface area contributed by atoms with Gasteiger partial charge in [0.05, 0.1) is 11.9 Å². The minimum Gasteiger partial charge on any atom is -0.330 e. The van der Waals surface area contributed by atoms with Crippen LogP contribution in [0.5, 0.6) is 0 Å². The van der Waals surface area contributed by atoms with Crippen molar-refractivity contribution in [2.75, 3.05) is 6.54 Å². The molecule has 0 aliphatic carbocycles. The third kappa shape index (κ3) is 2.14. The van der Waals surface area contributed by atoms with Crippen LogP contribution in [0.4, 0.5) is 0 Å². The maximum Gasteiger partial charge on any atom is 0.0677 e. The van der Waals surface area contributed by atoms with Gasteiger partial charge in [-0.15, -0.1) is 0 Å². The van der Waals surface area contributed by atoms with E-state index in [-0.39, 0.29) is 0 Å². The van der Waals surface area contributed by atoms with Crippen molar-refractivity contribution in [1.29, 1.82) is 0 Å². The lowest BCUT2D eigenvalue weighted by Crippen LogP contribution is -2.02. The lowest BCUT2D eigenvalue weighted by molar-refractivity contribution is 0.869. The fourth-order valence-electron chi connectivity index (χ4n) is 1.75. The van der Waals surface area contributed by atoms with Gasteiger partial charge in [0.25, 0.3) is 0 Å². The minimum atomic E-state index is 0.665. The highest BCUT2D eigenvalue weighted by Gasteiger charge is 2.03. The summed E-state index contributed by atoms with van der Waals surface area (Å²) < 4.78 is 1.92. The molecule has 0 spiro atoms. The molecule has 2 aromatic rings. The summed E-state index contributed by atoms with van der Waals surface area (Å²) in [6.07, 6.45) is 4.81. The van der Waals surface area contributed by atoms with E-state index < -0.39 is 0 Å². The molecule has 84 valence electrons. The van der Waals surface area contributed by atoms with Crippen LogP contribution in [0.25, 0.3) is 5.69 Å². The number of hydrogen-bond acceptors (Lipinski definition) is 2. The van der Waals surface area contributed by atoms with E-state index in [1.807, 2.05) is 10.9 Å². The molecule has 1 aromatic heterocycles. The Morgan fingerprint density at radius 1 is 1.31 bits per heavy atom. The topological polar surface area (TPSA) is 43.8 Å². The Morgan fingerprint density at radius 3 is 2.88 bits per heavy atom. The zero-order valence-corrected chi connectivity index (χ0v) is 9.77. The van der Waals surface area contributed by atoms with Gasteiger partial charge in [-0.2, -0.15) is 5.10 Å². The highest BCUT2D eigenvalue weighted by Crippen LogP contribution is 2.15. The molecule has 0 saturated carbocycles. The largest absolute Gasteiger partial charge is 0.330 e. The van der Waals surface area contributed by atoms with Gasteiger partial charge >= 0.3 is 0 Å². The number of aryl methyl sites for hydroxylation is 2. The summed E-state index contributed by atoms with van der Waals surface area (Å²) in [5, 5.41) is 4.37. The van der Waals surface area contributed by atoms with Crippen LogP contribution in [0.1, 0.15) is 16.7 Å². The first-order valence-electron chi connectivity index (χ1n) is 5.52. The molecule has 0 radical (unpaired) electrons. The van der Waals surface area contributed by atoms with Gasteiger partial charge in [-0.25, -0.2) is 4.68 Å². The predicted molar refractivity (Wildman–Crippen MR) is 65.8 cm³/mol. The molecule has 2 rings (SSSR count). The number of benzene rings is 1. The molecule has 1 aromatic carbocycles. The Balaban J connectivity index is 2.38. The van der Waals surface area contributed by atoms with Crippen LogP contribution < -0.4 is 5.73 Å². The van der Waals surface area contributed by atoms with E-state index in [0.29, 0.717) is 6.54 Å². The second-order valence-corrected chi connectivity index (χ2v) is 4.12. The van der Waals surface area contributed by atoms with Gasteiger partial charge in [-0.1, -0.05) is 12.1 Å². The molecule has 3 nitrogen and oxygen atoms in total. The van der Waals surface area contributed by atoms with Gasteiger partial charge in [0.1, 0.15) is 0 Å². The highest BCUT2D eigenvalue weighted by molar-refractivity contribution is 5.42. The molecule has 0 bridgehead atoms. The van der Waals surface area contributed by atoms with Gasteiger partial charge in [-0.3, -0.25) is 0 Å². The average molecular weight is 215 g/mol. The van der Waals surface area contributed by atoms with Crippen LogP contribution in [-0.4, -0.2) is 16.3 Å². The van der Waals surface area contributed by atoms with Crippen molar-refractivity contribution < 1.29 is 0 Å². The fraction of sp³-hybridized carbons (Fsp3) is 0.308. The average Bonchev–Trinajstić information content (AvgIpc) is 2.71. The van der Waals surface area contributed by atoms with Crippen molar-refractivity contribution in [2.24, 2.45) is 5.73 Å². The Hall–Kier alpha value is -1.61. The third-order valence-corrected chi connectivity index (χ3v) is 2.68. The molecule has 0 unspecified atom stereocenters. The first kappa shape index (κ1) is 10.9. The third-order valence-electron chi connectivity index (χ3n) is 2.68. The number of nitrogens with two attached hydrogens (primary N) is 1. The molecular weight excluding hydrogens is 198 g/mol. The molecule has 0 amide bonds. The molecule has 0 atom stereocenters. The van der Waals surface area contributed by atoms with Crippen molar-refractivity contribution in [3.8, 4) is 5.69 Å². The van der Waals surface area contributed by atoms with Crippen LogP contribution in [-0.2, 0) is 6.42 Å². The molecule has 1 heterocycles. The van der Waals surface area contributed by atoms with Crippen molar-refractivity contribution in [3.05, 3.63) is 47.3 Å². The Morgan fingerprint density at radius 2 is 2.12 bits per heavy atom. The van der Waals surface area contributed by atoms with Crippen LogP contribution >= 0.6 is 0 Å². The summed E-state index contributed by atoms with van der Waals surface area (Å²) in [6, 6.07) is 6.38. The summed E-state index contributed by atoms with van der Waals surface area (Å²) in [7, 11) is 0. The number of nitrogens with zero attached hydrogens (tertiary/aromatic N) is 2. The van der Waals surface area contributed by atoms with Crippen molar-refractivity contribution in [2.45, 2.75) is 20.3 Å². The zero-order valence-electron chi connectivity index (χ0n) is 9.77. The summed E-state index contributed by atoms with van der Waals surface area (Å²) in [5.41, 5.74) is 10.3. The number of rotatable bonds is 3. The molecule has 2 N–H and O–H groups in total. The summed E-state index contributed by atoms with van der Waals surface area (Å²) >= 11 is 0. The predicted octanol–water partition coefficient (Wildman–Crippen LogP) is 1.99. The summed E-state index contributed by atoms with van der Waals surface area (Å²) in [4.78, 5) is 0. The number of hydrogen-bond donors (Lipinski definition) is 1. The van der Waals surface area contributed by atoms with E-state index in [1.54, 1.807) is 0 Å². The molecule has 0 fully saturated rings. The van der Waals surface area contributed by atoms with Crippen LogP contribution in [0.2, 0.25) is 0 Å². The highest BCUT2D eigenvalue weighted by atomic mass is 15.3. The maximum atomic E-state index is 5.53. The summed E-state index contributed by atoms with van der Waals surface area (Å²) in [6.45, 7) is 4.85. The van der Waals surface area contributed by atoms with E-state index in [4.69, 9.17) is 5.73 Å². The van der Waals surface area contributed by atoms with Gasteiger partial charge < -0.3 is 5.73 Å². The van der Waals surface area contributed by atoms with Gasteiger partial charge in [0.2, 0.25) is 0 Å². The second-order valence-electron chi connectivity index (χ2n) is 4.12. The zero-order chi connectivity index (χ0) is 11.5. The van der Waals surface area contributed by atoms with E-state index in [0.717, 1.165) is 12.1 Å². The molecule has 0 aliphatic heterocycles. The van der Waals surface area contributed by atoms with Gasteiger partial charge in [0, 0.05) is 6.20 Å². The Kier molecular flexibility index (Phi) is 3.06. The van der Waals surface area contributed by atoms with E-state index in [2.05, 4.69) is 43.3 Å². The molecule has 0 saturated heterocycles. The SMILES string of the molecule is Cc1ccc(C)c(-n2cc(CCN)cn2)c1. The molecule has 3 heteroatoms. The molecule has 0 aliphatic rings. The van der Waals surface area contributed by atoms with Gasteiger partial charge in [0.15, 0.2) is 0 Å². The lowest BCUT2D eigenvalue weighted by Gasteiger charge is -2.06. The minimum absolute atomic E-state index is 0.665. The number of aromatic nitrogens is 2. The molecular formula is C13H17N3. The van der Waals surface area contributed by atoms with E-state index in [1.165, 1.54) is 16.7 Å². The monoisotopic (exact) mass is 215 g/mol. The Labute approximate surface area is 95.9 Å². The van der Waals surface area contributed by atoms with Crippen molar-refractivity contribution in [1.82, 2.24) is 9.78 Å². The van der Waals surface area contributed by atoms with Gasteiger partial charge in [-0.05, 0) is 49.6 Å². The standard InChI is InChI=1S/C13H17N3/c1-10-3-4-11(2)13(7-10)16-9-12(5-6-14)8-15-16/h3-4,7-9H,5-6,14H2,1-2H3. The second kappa shape index (κ2) is 4.49. The first-order valence-corrected chi connectivity index (χ1v) is 5.52. The smallest absolute Gasteiger partial charge is 0.0677 e. The van der Waals surface area contributed by atoms with Crippen LogP contribution in [0.3, 0.4) is 0 Å². The van der Waals surface area contributed by atoms with E-state index in [9.17, 15) is 0 Å². The first-order chi connectivity index (χ1) is 7.70. The fourth-order valence-corrected chi connectivity index (χ4v) is 1.75. The van der Waals surface area contributed by atoms with Crippen molar-refractivity contribution >= 4 is 0 Å². The molecule has 16 heavy (non-hydrogen) atoms. The Bertz CT molecular complexity index is 486. The van der Waals surface area contributed by atoms with E-state index >= 15 is 0 Å².